The van der Waals surface area contributed by atoms with Gasteiger partial charge in [-0.1, -0.05) is 28.1 Å². The minimum absolute atomic E-state index is 0.110. The molecular weight excluding hydrogens is 460 g/mol. The van der Waals surface area contributed by atoms with Gasteiger partial charge in [-0.25, -0.2) is 0 Å². The number of aryl methyl sites for hydroxylation is 1. The van der Waals surface area contributed by atoms with Crippen LogP contribution < -0.4 is 4.74 Å². The van der Waals surface area contributed by atoms with Crippen LogP contribution in [-0.2, 0) is 9.59 Å². The number of benzene rings is 2. The predicted octanol–water partition coefficient (Wildman–Crippen LogP) is 4.14. The van der Waals surface area contributed by atoms with Gasteiger partial charge in [-0.15, -0.1) is 0 Å². The Morgan fingerprint density at radius 3 is 2.42 bits per heavy atom. The summed E-state index contributed by atoms with van der Waals surface area (Å²) in [6.07, 6.45) is 0. The molecule has 0 aromatic heterocycles. The lowest BCUT2D eigenvalue weighted by molar-refractivity contribution is -0.140. The fraction of sp³-hybridized carbons (Fsp3) is 0.333. The smallest absolute Gasteiger partial charge is 0.295 e. The number of halogens is 1. The molecule has 1 heterocycles. The van der Waals surface area contributed by atoms with E-state index in [9.17, 15) is 14.7 Å². The third-order valence-corrected chi connectivity index (χ3v) is 5.81. The Balaban J connectivity index is 2.13. The van der Waals surface area contributed by atoms with Crippen LogP contribution in [-0.4, -0.2) is 60.4 Å². The van der Waals surface area contributed by atoms with Crippen LogP contribution in [0.15, 0.2) is 52.5 Å². The second-order valence-corrected chi connectivity index (χ2v) is 8.67. The van der Waals surface area contributed by atoms with Gasteiger partial charge < -0.3 is 19.6 Å². The van der Waals surface area contributed by atoms with Crippen molar-refractivity contribution in [2.24, 2.45) is 0 Å². The molecule has 0 spiro atoms. The first-order valence-electron chi connectivity index (χ1n) is 10.2. The molecule has 164 valence electrons. The van der Waals surface area contributed by atoms with Gasteiger partial charge in [-0.05, 0) is 69.4 Å². The third-order valence-electron chi connectivity index (χ3n) is 5.28. The molecule has 1 saturated heterocycles. The molecule has 7 heteroatoms. The molecule has 2 aromatic carbocycles. The number of nitrogens with zero attached hydrogens (tertiary/aromatic N) is 2. The van der Waals surface area contributed by atoms with Gasteiger partial charge in [-0.2, -0.15) is 0 Å². The molecule has 1 aliphatic heterocycles. The number of ether oxygens (including phenoxy) is 1. The molecule has 1 fully saturated rings. The topological polar surface area (TPSA) is 70.1 Å². The number of Topliss-reactive ketones (excluding diaryl/α,β-unsaturated/α-hetero) is 1. The number of carbonyl (C=O) groups is 2. The molecule has 1 aliphatic rings. The Labute approximate surface area is 191 Å². The maximum Gasteiger partial charge on any atom is 0.295 e. The van der Waals surface area contributed by atoms with Crippen LogP contribution in [0.3, 0.4) is 0 Å². The summed E-state index contributed by atoms with van der Waals surface area (Å²) in [7, 11) is 3.82. The van der Waals surface area contributed by atoms with E-state index in [1.807, 2.05) is 63.2 Å². The van der Waals surface area contributed by atoms with E-state index in [4.69, 9.17) is 4.74 Å². The van der Waals surface area contributed by atoms with E-state index in [-0.39, 0.29) is 11.3 Å². The second-order valence-electron chi connectivity index (χ2n) is 7.76. The van der Waals surface area contributed by atoms with Gasteiger partial charge >= 0.3 is 0 Å². The van der Waals surface area contributed by atoms with Gasteiger partial charge in [0.25, 0.3) is 11.7 Å². The highest BCUT2D eigenvalue weighted by Crippen LogP contribution is 2.40. The van der Waals surface area contributed by atoms with Crippen molar-refractivity contribution in [3.05, 3.63) is 69.2 Å². The zero-order valence-electron chi connectivity index (χ0n) is 18.2. The Morgan fingerprint density at radius 2 is 1.84 bits per heavy atom. The van der Waals surface area contributed by atoms with Crippen molar-refractivity contribution in [2.75, 3.05) is 33.8 Å². The van der Waals surface area contributed by atoms with Gasteiger partial charge in [0.2, 0.25) is 0 Å². The lowest BCUT2D eigenvalue weighted by atomic mass is 9.94. The third kappa shape index (κ3) is 4.83. The van der Waals surface area contributed by atoms with Gasteiger partial charge in [0, 0.05) is 23.1 Å². The summed E-state index contributed by atoms with van der Waals surface area (Å²) < 4.78 is 6.41. The van der Waals surface area contributed by atoms with Gasteiger partial charge in [0.05, 0.1) is 18.2 Å². The molecule has 0 bridgehead atoms. The van der Waals surface area contributed by atoms with Gasteiger partial charge in [-0.3, -0.25) is 9.59 Å². The van der Waals surface area contributed by atoms with Crippen molar-refractivity contribution < 1.29 is 19.4 Å². The van der Waals surface area contributed by atoms with E-state index in [2.05, 4.69) is 15.9 Å². The van der Waals surface area contributed by atoms with Crippen molar-refractivity contribution in [1.82, 2.24) is 9.80 Å². The largest absolute Gasteiger partial charge is 0.507 e. The highest BCUT2D eigenvalue weighted by atomic mass is 79.9. The number of aliphatic hydroxyl groups is 1. The van der Waals surface area contributed by atoms with Crippen LogP contribution in [0.25, 0.3) is 5.76 Å². The highest BCUT2D eigenvalue weighted by molar-refractivity contribution is 9.10. The lowest BCUT2D eigenvalue weighted by Crippen LogP contribution is -2.35. The molecular formula is C24H27BrN2O4. The maximum absolute atomic E-state index is 13.0. The van der Waals surface area contributed by atoms with E-state index < -0.39 is 17.7 Å². The molecule has 0 saturated carbocycles. The summed E-state index contributed by atoms with van der Waals surface area (Å²) >= 11 is 3.43. The van der Waals surface area contributed by atoms with E-state index in [0.717, 1.165) is 15.6 Å². The molecule has 1 amide bonds. The number of ketones is 1. The van der Waals surface area contributed by atoms with Crippen LogP contribution in [0.2, 0.25) is 0 Å². The van der Waals surface area contributed by atoms with Gasteiger partial charge in [0.1, 0.15) is 11.5 Å². The van der Waals surface area contributed by atoms with E-state index in [0.29, 0.717) is 31.0 Å². The van der Waals surface area contributed by atoms with Gasteiger partial charge in [0.15, 0.2) is 0 Å². The number of carbonyl (C=O) groups excluding carboxylic acids is 2. The molecule has 6 nitrogen and oxygen atoms in total. The van der Waals surface area contributed by atoms with Crippen LogP contribution in [0.1, 0.15) is 29.7 Å². The number of amides is 1. The van der Waals surface area contributed by atoms with Crippen LogP contribution in [0.4, 0.5) is 0 Å². The van der Waals surface area contributed by atoms with Crippen molar-refractivity contribution >= 4 is 33.4 Å². The average molecular weight is 487 g/mol. The molecule has 1 atom stereocenters. The average Bonchev–Trinajstić information content (AvgIpc) is 2.97. The number of rotatable bonds is 7. The monoisotopic (exact) mass is 486 g/mol. The fourth-order valence-corrected chi connectivity index (χ4v) is 3.98. The molecule has 1 N–H and O–H groups in total. The Kier molecular flexibility index (Phi) is 7.18. The second kappa shape index (κ2) is 9.66. The highest BCUT2D eigenvalue weighted by Gasteiger charge is 2.46. The minimum atomic E-state index is -0.669. The summed E-state index contributed by atoms with van der Waals surface area (Å²) in [6, 6.07) is 12.1. The zero-order chi connectivity index (χ0) is 22.7. The number of hydrogen-bond acceptors (Lipinski definition) is 5. The standard InChI is InChI=1S/C24H27BrN2O4/c1-5-31-18-10-11-19(15(2)14-18)22(28)20-21(16-6-8-17(25)9-7-16)27(13-12-26(3)4)24(30)23(20)29/h6-11,14,21,28H,5,12-13H2,1-4H3/t21-/m0/s1. The van der Waals surface area contributed by atoms with Crippen molar-refractivity contribution in [1.29, 1.82) is 0 Å². The fourth-order valence-electron chi connectivity index (χ4n) is 3.71. The number of aliphatic hydroxyl groups excluding tert-OH is 1. The Hall–Kier alpha value is -2.64. The number of likely N-dealkylation sites (tertiary alicyclic amines) is 1. The first-order valence-corrected chi connectivity index (χ1v) is 11.0. The van der Waals surface area contributed by atoms with Crippen molar-refractivity contribution in [2.45, 2.75) is 19.9 Å². The van der Waals surface area contributed by atoms with Crippen molar-refractivity contribution in [3.63, 3.8) is 0 Å². The minimum Gasteiger partial charge on any atom is -0.507 e. The molecule has 3 rings (SSSR count). The van der Waals surface area contributed by atoms with E-state index in [1.54, 1.807) is 17.0 Å². The summed E-state index contributed by atoms with van der Waals surface area (Å²) in [5.41, 5.74) is 2.15. The maximum atomic E-state index is 13.0. The molecule has 2 aromatic rings. The molecule has 0 radical (unpaired) electrons. The first-order chi connectivity index (χ1) is 14.7. The normalized spacial score (nSPS) is 18.1. The number of hydrogen-bond donors (Lipinski definition) is 1. The van der Waals surface area contributed by atoms with E-state index >= 15 is 0 Å². The molecule has 31 heavy (non-hydrogen) atoms. The Morgan fingerprint density at radius 1 is 1.16 bits per heavy atom. The predicted molar refractivity (Wildman–Crippen MR) is 124 cm³/mol. The summed E-state index contributed by atoms with van der Waals surface area (Å²) in [5.74, 6) is -0.746. The molecule has 0 aliphatic carbocycles. The lowest BCUT2D eigenvalue weighted by Gasteiger charge is -2.26. The summed E-state index contributed by atoms with van der Waals surface area (Å²) in [5, 5.41) is 11.2. The van der Waals surface area contributed by atoms with Crippen LogP contribution >= 0.6 is 15.9 Å². The first kappa shape index (κ1) is 23.0. The quantitative estimate of drug-likeness (QED) is 0.361. The van der Waals surface area contributed by atoms with Crippen LogP contribution in [0, 0.1) is 6.92 Å². The summed E-state index contributed by atoms with van der Waals surface area (Å²) in [4.78, 5) is 29.5. The number of likely N-dealkylation sites (N-methyl/N-ethyl adjacent to an activating group) is 1. The Bertz CT molecular complexity index is 1010. The zero-order valence-corrected chi connectivity index (χ0v) is 19.8. The van der Waals surface area contributed by atoms with E-state index in [1.165, 1.54) is 0 Å². The molecule has 0 unspecified atom stereocenters. The SMILES string of the molecule is CCOc1ccc(C(O)=C2C(=O)C(=O)N(CCN(C)C)[C@H]2c2ccc(Br)cc2)c(C)c1. The van der Waals surface area contributed by atoms with Crippen molar-refractivity contribution in [3.8, 4) is 5.75 Å². The summed E-state index contributed by atoms with van der Waals surface area (Å²) in [6.45, 7) is 5.25. The van der Waals surface area contributed by atoms with Crippen LogP contribution in [0.5, 0.6) is 5.75 Å².